The highest BCUT2D eigenvalue weighted by molar-refractivity contribution is 5.88. The van der Waals surface area contributed by atoms with E-state index in [-0.39, 0.29) is 25.6 Å². The Labute approximate surface area is 262 Å². The van der Waals surface area contributed by atoms with Gasteiger partial charge in [0, 0.05) is 39.3 Å². The lowest BCUT2D eigenvalue weighted by atomic mass is 9.99. The number of aliphatic hydroxyl groups is 6. The van der Waals surface area contributed by atoms with Crippen LogP contribution < -0.4 is 9.47 Å². The van der Waals surface area contributed by atoms with Crippen molar-refractivity contribution < 1.29 is 44.8 Å². The van der Waals surface area contributed by atoms with E-state index in [1.54, 1.807) is 4.68 Å². The van der Waals surface area contributed by atoms with Crippen LogP contribution in [0.25, 0.3) is 10.9 Å². The molecule has 0 radical (unpaired) electrons. The molecule has 2 fully saturated rings. The molecule has 0 saturated carbocycles. The van der Waals surface area contributed by atoms with E-state index in [0.717, 1.165) is 68.1 Å². The highest BCUT2D eigenvalue weighted by Gasteiger charge is 2.45. The first-order chi connectivity index (χ1) is 21.9. The topological polar surface area (TPSA) is 173 Å². The molecule has 5 rings (SSSR count). The van der Waals surface area contributed by atoms with E-state index in [1.165, 1.54) is 0 Å². The molecule has 1 aromatic heterocycles. The van der Waals surface area contributed by atoms with E-state index in [2.05, 4.69) is 21.0 Å². The van der Waals surface area contributed by atoms with Crippen LogP contribution >= 0.6 is 0 Å². The number of aromatic nitrogens is 2. The summed E-state index contributed by atoms with van der Waals surface area (Å²) in [6.07, 6.45) is -4.85. The number of hydrogen-bond donors (Lipinski definition) is 6. The van der Waals surface area contributed by atoms with Crippen LogP contribution in [0.1, 0.15) is 17.5 Å². The van der Waals surface area contributed by atoms with Crippen LogP contribution in [0, 0.1) is 0 Å². The summed E-state index contributed by atoms with van der Waals surface area (Å²) in [4.78, 5) is 4.72. The van der Waals surface area contributed by atoms with Crippen molar-refractivity contribution >= 4 is 10.9 Å². The van der Waals surface area contributed by atoms with Crippen LogP contribution in [0.3, 0.4) is 0 Å². The fraction of sp³-hybridized carbons (Fsp3) is 0.594. The van der Waals surface area contributed by atoms with Crippen LogP contribution in [-0.4, -0.2) is 147 Å². The Morgan fingerprint density at radius 1 is 0.822 bits per heavy atom. The number of ether oxygens (including phenoxy) is 3. The Balaban J connectivity index is 1.22. The molecule has 0 spiro atoms. The van der Waals surface area contributed by atoms with Gasteiger partial charge < -0.3 is 49.7 Å². The van der Waals surface area contributed by atoms with Crippen molar-refractivity contribution in [2.24, 2.45) is 0 Å². The molecule has 2 aromatic carbocycles. The van der Waals surface area contributed by atoms with Gasteiger partial charge in [-0.2, -0.15) is 0 Å². The van der Waals surface area contributed by atoms with Gasteiger partial charge in [-0.15, -0.1) is 5.10 Å². The number of piperazine rings is 1. The van der Waals surface area contributed by atoms with Gasteiger partial charge in [0.25, 0.3) is 0 Å². The Morgan fingerprint density at radius 3 is 2.29 bits per heavy atom. The molecule has 0 aliphatic carbocycles. The lowest BCUT2D eigenvalue weighted by Gasteiger charge is -2.39. The fourth-order valence-corrected chi connectivity index (χ4v) is 6.02. The molecule has 5 atom stereocenters. The SMILES string of the molecule is OCCN1CCN(CCCOc2cccc(CCc3cccc4c3c(O[C@@H]3O[C@H](CO)[C@@H](O)[C@H](O)[C@H]3O)nn4CCO)c2)CC1. The van der Waals surface area contributed by atoms with E-state index in [4.69, 9.17) is 19.3 Å². The average molecular weight is 631 g/mol. The van der Waals surface area contributed by atoms with Gasteiger partial charge >= 0.3 is 0 Å². The predicted octanol–water partition coefficient (Wildman–Crippen LogP) is -0.629. The van der Waals surface area contributed by atoms with Crippen LogP contribution in [0.2, 0.25) is 0 Å². The number of hydrogen-bond acceptors (Lipinski definition) is 12. The monoisotopic (exact) mass is 630 g/mol. The first kappa shape index (κ1) is 33.5. The summed E-state index contributed by atoms with van der Waals surface area (Å²) in [5.74, 6) is 0.978. The van der Waals surface area contributed by atoms with Crippen molar-refractivity contribution in [2.45, 2.75) is 56.5 Å². The lowest BCUT2D eigenvalue weighted by molar-refractivity contribution is -0.278. The summed E-state index contributed by atoms with van der Waals surface area (Å²) in [5.41, 5.74) is 2.76. The summed E-state index contributed by atoms with van der Waals surface area (Å²) < 4.78 is 19.2. The van der Waals surface area contributed by atoms with Crippen molar-refractivity contribution in [3.8, 4) is 11.6 Å². The maximum Gasteiger partial charge on any atom is 0.243 e. The van der Waals surface area contributed by atoms with Gasteiger partial charge in [0.2, 0.25) is 12.2 Å². The zero-order valence-electron chi connectivity index (χ0n) is 25.5. The zero-order chi connectivity index (χ0) is 31.8. The standard InChI is InChI=1S/C32H46N4O9/c37-17-15-35-13-11-34(12-14-35)10-3-19-43-24-6-1-4-22(20-24)8-9-23-5-2-7-25-27(23)31(33-36(25)16-18-38)45-32-30(42)29(41)28(40)26(21-39)44-32/h1-2,4-7,20,26,28-30,32,37-42H,3,8-19,21H2/t26-,28-,29+,30-,32+/m1/s1. The summed E-state index contributed by atoms with van der Waals surface area (Å²) in [5, 5.41) is 64.5. The number of aryl methyl sites for hydroxylation is 2. The van der Waals surface area contributed by atoms with Gasteiger partial charge in [-0.1, -0.05) is 24.3 Å². The Kier molecular flexibility index (Phi) is 12.0. The Morgan fingerprint density at radius 2 is 1.56 bits per heavy atom. The first-order valence-electron chi connectivity index (χ1n) is 15.8. The third-order valence-electron chi connectivity index (χ3n) is 8.57. The van der Waals surface area contributed by atoms with E-state index in [9.17, 15) is 25.5 Å². The third kappa shape index (κ3) is 8.30. The van der Waals surface area contributed by atoms with Crippen LogP contribution in [0.15, 0.2) is 42.5 Å². The van der Waals surface area contributed by atoms with Crippen molar-refractivity contribution in [1.82, 2.24) is 19.6 Å². The van der Waals surface area contributed by atoms with Gasteiger partial charge in [-0.05, 0) is 48.6 Å². The predicted molar refractivity (Wildman–Crippen MR) is 165 cm³/mol. The Bertz CT molecular complexity index is 1350. The normalized spacial score (nSPS) is 24.7. The van der Waals surface area contributed by atoms with Gasteiger partial charge in [-0.3, -0.25) is 9.58 Å². The highest BCUT2D eigenvalue weighted by atomic mass is 16.7. The molecular formula is C32H46N4O9. The quantitative estimate of drug-likeness (QED) is 0.118. The number of rotatable bonds is 15. The maximum absolute atomic E-state index is 10.5. The summed E-state index contributed by atoms with van der Waals surface area (Å²) in [7, 11) is 0. The number of fused-ring (bicyclic) bond motifs is 1. The second-order valence-electron chi connectivity index (χ2n) is 11.6. The maximum atomic E-state index is 10.5. The number of aliphatic hydroxyl groups excluding tert-OH is 6. The van der Waals surface area contributed by atoms with Crippen molar-refractivity contribution in [1.29, 1.82) is 0 Å². The van der Waals surface area contributed by atoms with Gasteiger partial charge in [0.1, 0.15) is 30.2 Å². The molecule has 13 heteroatoms. The van der Waals surface area contributed by atoms with Crippen molar-refractivity contribution in [3.05, 3.63) is 53.6 Å². The van der Waals surface area contributed by atoms with Crippen molar-refractivity contribution in [3.63, 3.8) is 0 Å². The number of β-amino-alcohol motifs (C(OH)–C–C–N with tert-alkyl or cyclic N) is 1. The minimum atomic E-state index is -1.58. The molecule has 6 N–H and O–H groups in total. The lowest BCUT2D eigenvalue weighted by Crippen LogP contribution is -2.60. The average Bonchev–Trinajstić information content (AvgIpc) is 3.41. The van der Waals surface area contributed by atoms with E-state index >= 15 is 0 Å². The van der Waals surface area contributed by atoms with E-state index in [1.807, 2.05) is 36.4 Å². The number of nitrogens with zero attached hydrogens (tertiary/aromatic N) is 4. The molecule has 2 saturated heterocycles. The zero-order valence-corrected chi connectivity index (χ0v) is 25.5. The molecule has 2 aliphatic rings. The molecule has 0 bridgehead atoms. The largest absolute Gasteiger partial charge is 0.494 e. The summed E-state index contributed by atoms with van der Waals surface area (Å²) in [6, 6.07) is 13.8. The molecule has 3 aromatic rings. The second-order valence-corrected chi connectivity index (χ2v) is 11.6. The molecule has 3 heterocycles. The molecule has 0 unspecified atom stereocenters. The number of benzene rings is 2. The van der Waals surface area contributed by atoms with E-state index < -0.39 is 37.3 Å². The minimum Gasteiger partial charge on any atom is -0.494 e. The summed E-state index contributed by atoms with van der Waals surface area (Å²) >= 11 is 0. The molecular weight excluding hydrogens is 584 g/mol. The van der Waals surface area contributed by atoms with Gasteiger partial charge in [0.05, 0.1) is 43.9 Å². The molecule has 2 aliphatic heterocycles. The molecule has 248 valence electrons. The fourth-order valence-electron chi connectivity index (χ4n) is 6.02. The van der Waals surface area contributed by atoms with Gasteiger partial charge in [0.15, 0.2) is 0 Å². The molecule has 13 nitrogen and oxygen atoms in total. The van der Waals surface area contributed by atoms with Crippen LogP contribution in [-0.2, 0) is 24.1 Å². The minimum absolute atomic E-state index is 0.144. The van der Waals surface area contributed by atoms with Gasteiger partial charge in [-0.25, -0.2) is 0 Å². The van der Waals surface area contributed by atoms with Crippen LogP contribution in [0.5, 0.6) is 11.6 Å². The first-order valence-corrected chi connectivity index (χ1v) is 15.8. The van der Waals surface area contributed by atoms with Crippen LogP contribution in [0.4, 0.5) is 0 Å². The highest BCUT2D eigenvalue weighted by Crippen LogP contribution is 2.33. The smallest absolute Gasteiger partial charge is 0.243 e. The molecule has 45 heavy (non-hydrogen) atoms. The summed E-state index contributed by atoms with van der Waals surface area (Å²) in [6.45, 7) is 6.06. The van der Waals surface area contributed by atoms with E-state index in [0.29, 0.717) is 24.8 Å². The third-order valence-corrected chi connectivity index (χ3v) is 8.57. The van der Waals surface area contributed by atoms with Crippen molar-refractivity contribution in [2.75, 3.05) is 65.7 Å². The Hall–Kier alpha value is -2.85. The second kappa shape index (κ2) is 16.1. The molecule has 0 amide bonds.